The van der Waals surface area contributed by atoms with Crippen molar-refractivity contribution in [2.24, 2.45) is 17.3 Å². The second-order valence-electron chi connectivity index (χ2n) is 13.0. The Kier molecular flexibility index (Phi) is 8.02. The SMILES string of the molecule is C[C@H]1CNC(=O)CC/C=C\[C@@H]2O[C@@]34C=CCN(C(C)(C)CC(C)(C)C)C(=O)[C@@H]3N(CCO)C(=O)[C@H]4[C@@H]2C(=O)O1. The molecule has 216 valence electrons. The molecule has 4 rings (SSSR count). The predicted octanol–water partition coefficient (Wildman–Crippen LogP) is 1.57. The molecular weight excluding hydrogens is 502 g/mol. The van der Waals surface area contributed by atoms with Gasteiger partial charge in [-0.3, -0.25) is 19.2 Å². The summed E-state index contributed by atoms with van der Waals surface area (Å²) in [5, 5.41) is 12.6. The molecule has 0 saturated carbocycles. The molecule has 10 nitrogen and oxygen atoms in total. The normalized spacial score (nSPS) is 34.8. The zero-order valence-electron chi connectivity index (χ0n) is 23.9. The van der Waals surface area contributed by atoms with Crippen LogP contribution in [0.1, 0.15) is 60.8 Å². The summed E-state index contributed by atoms with van der Waals surface area (Å²) >= 11 is 0. The van der Waals surface area contributed by atoms with E-state index in [-0.39, 0.29) is 43.3 Å². The lowest BCUT2D eigenvalue weighted by molar-refractivity contribution is -0.159. The molecule has 0 unspecified atom stereocenters. The summed E-state index contributed by atoms with van der Waals surface area (Å²) in [6.45, 7) is 12.2. The van der Waals surface area contributed by atoms with Gasteiger partial charge in [-0.1, -0.05) is 45.1 Å². The average Bonchev–Trinajstić information content (AvgIpc) is 3.18. The van der Waals surface area contributed by atoms with Crippen LogP contribution < -0.4 is 5.32 Å². The molecule has 0 aromatic carbocycles. The molecule has 0 radical (unpaired) electrons. The van der Waals surface area contributed by atoms with Gasteiger partial charge in [0, 0.05) is 25.0 Å². The number of cyclic esters (lactones) is 1. The third-order valence-corrected chi connectivity index (χ3v) is 8.07. The van der Waals surface area contributed by atoms with Crippen molar-refractivity contribution in [2.75, 3.05) is 26.2 Å². The van der Waals surface area contributed by atoms with Crippen molar-refractivity contribution in [3.63, 3.8) is 0 Å². The Morgan fingerprint density at radius 3 is 2.49 bits per heavy atom. The van der Waals surface area contributed by atoms with Crippen LogP contribution in [0.4, 0.5) is 0 Å². The molecule has 4 aliphatic heterocycles. The van der Waals surface area contributed by atoms with E-state index in [1.807, 2.05) is 19.9 Å². The van der Waals surface area contributed by atoms with E-state index in [1.54, 1.807) is 30.1 Å². The lowest BCUT2D eigenvalue weighted by atomic mass is 9.77. The fourth-order valence-electron chi connectivity index (χ4n) is 6.95. The molecule has 10 heteroatoms. The van der Waals surface area contributed by atoms with Crippen molar-refractivity contribution < 1.29 is 33.8 Å². The minimum absolute atomic E-state index is 0.0526. The zero-order valence-corrected chi connectivity index (χ0v) is 23.9. The van der Waals surface area contributed by atoms with E-state index in [0.717, 1.165) is 6.42 Å². The lowest BCUT2D eigenvalue weighted by Crippen LogP contribution is -2.60. The van der Waals surface area contributed by atoms with E-state index in [0.29, 0.717) is 13.0 Å². The van der Waals surface area contributed by atoms with E-state index in [9.17, 15) is 24.3 Å². The van der Waals surface area contributed by atoms with Gasteiger partial charge in [0.2, 0.25) is 17.7 Å². The Morgan fingerprint density at radius 2 is 1.82 bits per heavy atom. The van der Waals surface area contributed by atoms with Crippen LogP contribution in [-0.2, 0) is 28.7 Å². The van der Waals surface area contributed by atoms with Gasteiger partial charge in [0.05, 0.1) is 25.2 Å². The molecule has 0 bridgehead atoms. The maximum atomic E-state index is 14.4. The van der Waals surface area contributed by atoms with Crippen molar-refractivity contribution in [3.05, 3.63) is 24.3 Å². The largest absolute Gasteiger partial charge is 0.460 e. The number of fused-ring (bicyclic) bond motifs is 2. The summed E-state index contributed by atoms with van der Waals surface area (Å²) in [5.41, 5.74) is -1.98. The number of β-amino-alcohol motifs (C(OH)–C–C–N with tert-alkyl or cyclic N) is 1. The van der Waals surface area contributed by atoms with Crippen molar-refractivity contribution >= 4 is 23.7 Å². The summed E-state index contributed by atoms with van der Waals surface area (Å²) in [6.07, 6.45) is 7.14. The number of carbonyl (C=O) groups excluding carboxylic acids is 4. The van der Waals surface area contributed by atoms with Crippen LogP contribution in [0.5, 0.6) is 0 Å². The minimum atomic E-state index is -1.40. The first-order valence-corrected chi connectivity index (χ1v) is 13.9. The second-order valence-corrected chi connectivity index (χ2v) is 13.0. The highest BCUT2D eigenvalue weighted by molar-refractivity contribution is 5.99. The van der Waals surface area contributed by atoms with E-state index in [2.05, 4.69) is 26.1 Å². The standard InChI is InChI=1S/C29H43N3O7/c1-18-16-30-20(34)11-8-7-10-19-21(26(37)38-18)22-24(35)31(14-15-33)23-25(36)32(13-9-12-29(22,23)39-19)28(5,6)17-27(2,3)4/h7,9-10,12,18-19,21-23,33H,8,11,13-17H2,1-6H3,(H,30,34)/b10-7-/t18-,19-,21+,22+,23-,29+/m0/s1. The van der Waals surface area contributed by atoms with Crippen LogP contribution in [0.2, 0.25) is 0 Å². The molecule has 0 aromatic heterocycles. The molecule has 2 fully saturated rings. The monoisotopic (exact) mass is 545 g/mol. The number of nitrogens with one attached hydrogen (secondary N) is 1. The maximum absolute atomic E-state index is 14.4. The number of carbonyl (C=O) groups is 4. The zero-order chi connectivity index (χ0) is 28.8. The molecule has 2 N–H and O–H groups in total. The van der Waals surface area contributed by atoms with Gasteiger partial charge in [0.15, 0.2) is 0 Å². The summed E-state index contributed by atoms with van der Waals surface area (Å²) in [4.78, 5) is 57.2. The molecule has 2 saturated heterocycles. The number of allylic oxidation sites excluding steroid dienone is 1. The van der Waals surface area contributed by atoms with E-state index < -0.39 is 53.1 Å². The molecule has 39 heavy (non-hydrogen) atoms. The number of ether oxygens (including phenoxy) is 2. The third-order valence-electron chi connectivity index (χ3n) is 8.07. The third kappa shape index (κ3) is 5.50. The Labute approximate surface area is 230 Å². The second kappa shape index (κ2) is 10.7. The van der Waals surface area contributed by atoms with Gasteiger partial charge in [-0.15, -0.1) is 0 Å². The number of likely N-dealkylation sites (tertiary alicyclic amines) is 1. The van der Waals surface area contributed by atoms with Crippen LogP contribution in [0, 0.1) is 17.3 Å². The molecule has 0 aliphatic carbocycles. The number of esters is 1. The Bertz CT molecular complexity index is 1060. The van der Waals surface area contributed by atoms with Crippen LogP contribution >= 0.6 is 0 Å². The minimum Gasteiger partial charge on any atom is -0.460 e. The summed E-state index contributed by atoms with van der Waals surface area (Å²) in [7, 11) is 0. The first-order chi connectivity index (χ1) is 18.2. The fraction of sp³-hybridized carbons (Fsp3) is 0.724. The lowest BCUT2D eigenvalue weighted by Gasteiger charge is -2.44. The Morgan fingerprint density at radius 1 is 1.10 bits per heavy atom. The maximum Gasteiger partial charge on any atom is 0.313 e. The summed E-state index contributed by atoms with van der Waals surface area (Å²) in [5.74, 6) is -3.41. The van der Waals surface area contributed by atoms with Crippen molar-refractivity contribution in [1.29, 1.82) is 0 Å². The molecule has 4 heterocycles. The van der Waals surface area contributed by atoms with Crippen molar-refractivity contribution in [1.82, 2.24) is 15.1 Å². The highest BCUT2D eigenvalue weighted by atomic mass is 16.6. The average molecular weight is 546 g/mol. The fourth-order valence-corrected chi connectivity index (χ4v) is 6.95. The first-order valence-electron chi connectivity index (χ1n) is 13.9. The van der Waals surface area contributed by atoms with Gasteiger partial charge in [-0.05, 0) is 39.0 Å². The van der Waals surface area contributed by atoms with E-state index in [1.165, 1.54) is 4.90 Å². The quantitative estimate of drug-likeness (QED) is 0.406. The van der Waals surface area contributed by atoms with E-state index >= 15 is 0 Å². The van der Waals surface area contributed by atoms with Crippen LogP contribution in [0.3, 0.4) is 0 Å². The number of aliphatic hydroxyl groups excluding tert-OH is 1. The van der Waals surface area contributed by atoms with Crippen LogP contribution in [0.15, 0.2) is 24.3 Å². The molecule has 3 amide bonds. The number of rotatable bonds is 4. The van der Waals surface area contributed by atoms with Gasteiger partial charge in [0.1, 0.15) is 23.7 Å². The number of hydrogen-bond acceptors (Lipinski definition) is 7. The smallest absolute Gasteiger partial charge is 0.313 e. The molecule has 1 spiro atoms. The van der Waals surface area contributed by atoms with Crippen molar-refractivity contribution in [2.45, 2.75) is 90.2 Å². The van der Waals surface area contributed by atoms with E-state index in [4.69, 9.17) is 9.47 Å². The number of aliphatic hydroxyl groups is 1. The Hall–Kier alpha value is -2.72. The highest BCUT2D eigenvalue weighted by Crippen LogP contribution is 2.53. The number of hydrogen-bond donors (Lipinski definition) is 2. The predicted molar refractivity (Wildman–Crippen MR) is 143 cm³/mol. The number of nitrogens with zero attached hydrogens (tertiary/aromatic N) is 2. The van der Waals surface area contributed by atoms with Gasteiger partial charge in [-0.25, -0.2) is 0 Å². The van der Waals surface area contributed by atoms with Gasteiger partial charge >= 0.3 is 5.97 Å². The molecule has 0 aromatic rings. The molecule has 6 atom stereocenters. The summed E-state index contributed by atoms with van der Waals surface area (Å²) in [6, 6.07) is -1.04. The molecular formula is C29H43N3O7. The van der Waals surface area contributed by atoms with Gasteiger partial charge in [-0.2, -0.15) is 0 Å². The van der Waals surface area contributed by atoms with Gasteiger partial charge < -0.3 is 29.7 Å². The topological polar surface area (TPSA) is 125 Å². The van der Waals surface area contributed by atoms with Gasteiger partial charge in [0.25, 0.3) is 0 Å². The summed E-state index contributed by atoms with van der Waals surface area (Å²) < 4.78 is 12.3. The number of amides is 3. The molecule has 4 aliphatic rings. The Balaban J connectivity index is 1.78. The highest BCUT2D eigenvalue weighted by Gasteiger charge is 2.72. The first kappa shape index (κ1) is 29.3. The van der Waals surface area contributed by atoms with Crippen LogP contribution in [-0.4, -0.2) is 94.2 Å². The van der Waals surface area contributed by atoms with Crippen LogP contribution in [0.25, 0.3) is 0 Å². The van der Waals surface area contributed by atoms with Crippen molar-refractivity contribution in [3.8, 4) is 0 Å².